The van der Waals surface area contributed by atoms with Gasteiger partial charge >= 0.3 is 0 Å². The fourth-order valence-corrected chi connectivity index (χ4v) is 5.34. The second kappa shape index (κ2) is 8.21. The van der Waals surface area contributed by atoms with Crippen molar-refractivity contribution >= 4 is 45.4 Å². The lowest BCUT2D eigenvalue weighted by Gasteiger charge is -2.46. The zero-order valence-electron chi connectivity index (χ0n) is 19.7. The first kappa shape index (κ1) is 22.5. The predicted octanol–water partition coefficient (Wildman–Crippen LogP) is 2.44. The number of fused-ring (bicyclic) bond motifs is 2. The summed E-state index contributed by atoms with van der Waals surface area (Å²) in [5.41, 5.74) is 9.06. The van der Waals surface area contributed by atoms with Crippen LogP contribution in [0.4, 0.5) is 5.82 Å². The summed E-state index contributed by atoms with van der Waals surface area (Å²) < 4.78 is 1.74. The highest BCUT2D eigenvalue weighted by Crippen LogP contribution is 2.39. The summed E-state index contributed by atoms with van der Waals surface area (Å²) in [5.74, 6) is 0.885. The third-order valence-electron chi connectivity index (χ3n) is 7.05. The molecular weight excluding hydrogens is 454 g/mol. The zero-order valence-corrected chi connectivity index (χ0v) is 20.5. The number of nitrogens with two attached hydrogens (primary N) is 1. The molecule has 0 spiro atoms. The molecule has 10 nitrogen and oxygen atoms in total. The molecule has 3 N–H and O–H groups in total. The number of carbonyl (C=O) groups excluding carboxylic acids is 1. The van der Waals surface area contributed by atoms with Crippen LogP contribution in [0.15, 0.2) is 24.5 Å². The monoisotopic (exact) mass is 481 g/mol. The fourth-order valence-electron chi connectivity index (χ4n) is 5.04. The van der Waals surface area contributed by atoms with Crippen LogP contribution in [-0.2, 0) is 11.8 Å². The molecule has 4 heterocycles. The van der Waals surface area contributed by atoms with Crippen molar-refractivity contribution in [3.63, 3.8) is 0 Å². The van der Waals surface area contributed by atoms with Crippen LogP contribution < -0.4 is 10.6 Å². The van der Waals surface area contributed by atoms with E-state index in [1.807, 2.05) is 25.4 Å². The molecule has 0 radical (unpaired) electrons. The minimum Gasteiger partial charge on any atom is -0.355 e. The number of nitrogens with zero attached hydrogens (tertiary/aromatic N) is 7. The highest BCUT2D eigenvalue weighted by atomic mass is 35.5. The van der Waals surface area contributed by atoms with Gasteiger partial charge in [-0.15, -0.1) is 0 Å². The number of rotatable bonds is 4. The third kappa shape index (κ3) is 3.40. The molecule has 1 fully saturated rings. The first-order valence-corrected chi connectivity index (χ1v) is 11.6. The number of benzene rings is 1. The summed E-state index contributed by atoms with van der Waals surface area (Å²) in [7, 11) is 5.43. The van der Waals surface area contributed by atoms with Crippen LogP contribution in [0.1, 0.15) is 13.3 Å². The van der Waals surface area contributed by atoms with Crippen molar-refractivity contribution in [3.05, 3.63) is 29.5 Å². The van der Waals surface area contributed by atoms with Gasteiger partial charge in [-0.05, 0) is 24.5 Å². The van der Waals surface area contributed by atoms with Gasteiger partial charge in [0.1, 0.15) is 11.3 Å². The maximum atomic E-state index is 12.9. The Hall–Kier alpha value is -3.24. The van der Waals surface area contributed by atoms with E-state index in [9.17, 15) is 4.79 Å². The molecule has 1 amide bonds. The average molecular weight is 482 g/mol. The van der Waals surface area contributed by atoms with Gasteiger partial charge in [-0.3, -0.25) is 14.6 Å². The number of aromatic amines is 1. The summed E-state index contributed by atoms with van der Waals surface area (Å²) in [6.07, 6.45) is 4.31. The molecule has 0 bridgehead atoms. The van der Waals surface area contributed by atoms with Crippen molar-refractivity contribution in [3.8, 4) is 11.3 Å². The largest absolute Gasteiger partial charge is 0.355 e. The quantitative estimate of drug-likeness (QED) is 0.459. The molecule has 11 heteroatoms. The molecule has 0 aliphatic carbocycles. The number of hydrogen-bond donors (Lipinski definition) is 2. The SMILES string of the molecule is CC1CN(c2cnc3c(-c4ccc5nn(C)cc5c4Cl)[nH]nc3n2)CCC1(CN)C(=O)N(C)C. The van der Waals surface area contributed by atoms with Crippen molar-refractivity contribution in [1.82, 2.24) is 34.8 Å². The topological polar surface area (TPSA) is 122 Å². The molecule has 34 heavy (non-hydrogen) atoms. The summed E-state index contributed by atoms with van der Waals surface area (Å²) in [5, 5.41) is 13.3. The molecule has 3 aromatic heterocycles. The maximum Gasteiger partial charge on any atom is 0.229 e. The van der Waals surface area contributed by atoms with Gasteiger partial charge in [0, 0.05) is 57.9 Å². The number of hydrogen-bond acceptors (Lipinski definition) is 7. The van der Waals surface area contributed by atoms with Crippen molar-refractivity contribution in [2.75, 3.05) is 38.6 Å². The van der Waals surface area contributed by atoms with E-state index in [-0.39, 0.29) is 11.8 Å². The summed E-state index contributed by atoms with van der Waals surface area (Å²) >= 11 is 6.71. The lowest BCUT2D eigenvalue weighted by atomic mass is 9.70. The van der Waals surface area contributed by atoms with Gasteiger partial charge in [0.15, 0.2) is 0 Å². The second-order valence-corrected chi connectivity index (χ2v) is 9.70. The van der Waals surface area contributed by atoms with E-state index in [4.69, 9.17) is 22.3 Å². The van der Waals surface area contributed by atoms with Gasteiger partial charge in [0.05, 0.1) is 27.8 Å². The number of nitrogens with one attached hydrogen (secondary N) is 1. The second-order valence-electron chi connectivity index (χ2n) is 9.32. The summed E-state index contributed by atoms with van der Waals surface area (Å²) in [4.78, 5) is 26.1. The number of anilines is 1. The molecule has 1 aliphatic heterocycles. The molecule has 178 valence electrons. The van der Waals surface area contributed by atoms with Crippen molar-refractivity contribution in [2.24, 2.45) is 24.1 Å². The Morgan fingerprint density at radius 2 is 2.18 bits per heavy atom. The van der Waals surface area contributed by atoms with E-state index in [1.54, 1.807) is 29.9 Å². The molecule has 1 aromatic carbocycles. The lowest BCUT2D eigenvalue weighted by molar-refractivity contribution is -0.143. The van der Waals surface area contributed by atoms with Crippen LogP contribution in [0.2, 0.25) is 5.02 Å². The Morgan fingerprint density at radius 1 is 1.38 bits per heavy atom. The van der Waals surface area contributed by atoms with Crippen LogP contribution in [0.5, 0.6) is 0 Å². The van der Waals surface area contributed by atoms with Gasteiger partial charge in [-0.25, -0.2) is 9.97 Å². The van der Waals surface area contributed by atoms with E-state index in [0.717, 1.165) is 28.0 Å². The Morgan fingerprint density at radius 3 is 2.88 bits per heavy atom. The smallest absolute Gasteiger partial charge is 0.229 e. The molecule has 5 rings (SSSR count). The van der Waals surface area contributed by atoms with E-state index >= 15 is 0 Å². The molecule has 2 atom stereocenters. The molecule has 2 unspecified atom stereocenters. The maximum absolute atomic E-state index is 12.9. The van der Waals surface area contributed by atoms with Crippen LogP contribution in [0.25, 0.3) is 33.3 Å². The average Bonchev–Trinajstić information content (AvgIpc) is 3.42. The van der Waals surface area contributed by atoms with Gasteiger partial charge in [-0.2, -0.15) is 10.2 Å². The van der Waals surface area contributed by atoms with Crippen LogP contribution >= 0.6 is 11.6 Å². The number of halogens is 1. The lowest BCUT2D eigenvalue weighted by Crippen LogP contribution is -2.57. The Bertz CT molecular complexity index is 1390. The van der Waals surface area contributed by atoms with Gasteiger partial charge in [-0.1, -0.05) is 18.5 Å². The first-order valence-electron chi connectivity index (χ1n) is 11.3. The normalized spacial score (nSPS) is 20.9. The highest BCUT2D eigenvalue weighted by molar-refractivity contribution is 6.38. The fraction of sp³-hybridized carbons (Fsp3) is 0.435. The Kier molecular flexibility index (Phi) is 5.44. The van der Waals surface area contributed by atoms with E-state index in [2.05, 4.69) is 32.1 Å². The van der Waals surface area contributed by atoms with Gasteiger partial charge in [0.25, 0.3) is 0 Å². The number of piperidine rings is 1. The number of amides is 1. The molecular formula is C23H28ClN9O. The van der Waals surface area contributed by atoms with Crippen molar-refractivity contribution < 1.29 is 4.79 Å². The third-order valence-corrected chi connectivity index (χ3v) is 7.45. The summed E-state index contributed by atoms with van der Waals surface area (Å²) in [6, 6.07) is 3.85. The van der Waals surface area contributed by atoms with E-state index in [1.165, 1.54) is 0 Å². The standard InChI is InChI=1S/C23H28ClN9O/c1-13-10-33(8-7-23(13,12-25)22(34)31(2)3)17-9-26-20-19(28-29-21(20)27-17)14-5-6-16-15(18(14)24)11-32(4)30-16/h5-6,9,11,13H,7-8,10,12,25H2,1-4H3,(H,27,28,29). The predicted molar refractivity (Wildman–Crippen MR) is 133 cm³/mol. The van der Waals surface area contributed by atoms with Crippen molar-refractivity contribution in [1.29, 1.82) is 0 Å². The highest BCUT2D eigenvalue weighted by Gasteiger charge is 2.46. The van der Waals surface area contributed by atoms with E-state index < -0.39 is 5.41 Å². The molecule has 0 saturated carbocycles. The van der Waals surface area contributed by atoms with Crippen LogP contribution in [0, 0.1) is 11.3 Å². The molecule has 1 aliphatic rings. The molecule has 4 aromatic rings. The van der Waals surface area contributed by atoms with Crippen LogP contribution in [0.3, 0.4) is 0 Å². The first-order chi connectivity index (χ1) is 16.2. The summed E-state index contributed by atoms with van der Waals surface area (Å²) in [6.45, 7) is 3.74. The molecule has 1 saturated heterocycles. The Balaban J connectivity index is 1.45. The van der Waals surface area contributed by atoms with E-state index in [0.29, 0.717) is 42.2 Å². The number of aryl methyl sites for hydroxylation is 1. The minimum absolute atomic E-state index is 0.0680. The number of carbonyl (C=O) groups is 1. The van der Waals surface area contributed by atoms with Crippen LogP contribution in [-0.4, -0.2) is 74.5 Å². The zero-order chi connectivity index (χ0) is 24.2. The minimum atomic E-state index is -0.557. The number of H-pyrrole nitrogens is 1. The van der Waals surface area contributed by atoms with Gasteiger partial charge in [0.2, 0.25) is 11.6 Å². The van der Waals surface area contributed by atoms with Crippen molar-refractivity contribution in [2.45, 2.75) is 13.3 Å². The Labute approximate surface area is 202 Å². The number of aromatic nitrogens is 6. The van der Waals surface area contributed by atoms with Gasteiger partial charge < -0.3 is 15.5 Å².